The van der Waals surface area contributed by atoms with Crippen molar-refractivity contribution < 1.29 is 4.79 Å². The lowest BCUT2D eigenvalue weighted by molar-refractivity contribution is -0.116. The van der Waals surface area contributed by atoms with Gasteiger partial charge in [0.1, 0.15) is 0 Å². The van der Waals surface area contributed by atoms with Crippen LogP contribution in [0, 0.1) is 0 Å². The molecule has 0 aliphatic heterocycles. The van der Waals surface area contributed by atoms with Crippen molar-refractivity contribution in [1.82, 2.24) is 5.32 Å². The summed E-state index contributed by atoms with van der Waals surface area (Å²) in [5, 5.41) is 7.03. The SMILES string of the molecule is CC(C)(C)NCCC(=O)Nc1cc(Cl)c(Cl)cc1Cl. The lowest BCUT2D eigenvalue weighted by Crippen LogP contribution is -2.37. The number of anilines is 1. The fraction of sp³-hybridized carbons (Fsp3) is 0.462. The van der Waals surface area contributed by atoms with Gasteiger partial charge in [0.15, 0.2) is 0 Å². The zero-order chi connectivity index (χ0) is 14.6. The van der Waals surface area contributed by atoms with Gasteiger partial charge in [-0.2, -0.15) is 0 Å². The van der Waals surface area contributed by atoms with Gasteiger partial charge in [-0.15, -0.1) is 0 Å². The van der Waals surface area contributed by atoms with Crippen LogP contribution in [0.5, 0.6) is 0 Å². The molecule has 19 heavy (non-hydrogen) atoms. The molecule has 0 spiro atoms. The van der Waals surface area contributed by atoms with Gasteiger partial charge in [-0.05, 0) is 32.9 Å². The summed E-state index contributed by atoms with van der Waals surface area (Å²) in [5.41, 5.74) is 0.457. The third-order valence-corrected chi connectivity index (χ3v) is 3.33. The van der Waals surface area contributed by atoms with E-state index in [0.29, 0.717) is 33.7 Å². The van der Waals surface area contributed by atoms with Crippen LogP contribution < -0.4 is 10.6 Å². The number of hydrogen-bond acceptors (Lipinski definition) is 2. The molecule has 0 unspecified atom stereocenters. The summed E-state index contributed by atoms with van der Waals surface area (Å²) in [4.78, 5) is 11.8. The lowest BCUT2D eigenvalue weighted by Gasteiger charge is -2.20. The van der Waals surface area contributed by atoms with Gasteiger partial charge in [-0.25, -0.2) is 0 Å². The molecular formula is C13H17Cl3N2O. The van der Waals surface area contributed by atoms with Crippen molar-refractivity contribution in [3.8, 4) is 0 Å². The molecule has 0 radical (unpaired) electrons. The van der Waals surface area contributed by atoms with E-state index >= 15 is 0 Å². The fourth-order valence-corrected chi connectivity index (χ4v) is 1.98. The molecule has 2 N–H and O–H groups in total. The van der Waals surface area contributed by atoms with Crippen LogP contribution >= 0.6 is 34.8 Å². The van der Waals surface area contributed by atoms with E-state index in [0.717, 1.165) is 0 Å². The van der Waals surface area contributed by atoms with Crippen molar-refractivity contribution in [2.24, 2.45) is 0 Å². The van der Waals surface area contributed by atoms with Crippen molar-refractivity contribution in [3.63, 3.8) is 0 Å². The van der Waals surface area contributed by atoms with Crippen LogP contribution in [-0.4, -0.2) is 18.0 Å². The Hall–Kier alpha value is -0.480. The van der Waals surface area contributed by atoms with Crippen LogP contribution in [-0.2, 0) is 4.79 Å². The van der Waals surface area contributed by atoms with E-state index < -0.39 is 0 Å². The maximum Gasteiger partial charge on any atom is 0.225 e. The lowest BCUT2D eigenvalue weighted by atomic mass is 10.1. The molecule has 0 saturated carbocycles. The number of carbonyl (C=O) groups excluding carboxylic acids is 1. The fourth-order valence-electron chi connectivity index (χ4n) is 1.38. The Morgan fingerprint density at radius 3 is 2.26 bits per heavy atom. The van der Waals surface area contributed by atoms with Gasteiger partial charge in [-0.3, -0.25) is 4.79 Å². The van der Waals surface area contributed by atoms with Crippen LogP contribution in [0.2, 0.25) is 15.1 Å². The molecule has 1 rings (SSSR count). The maximum atomic E-state index is 11.8. The average Bonchev–Trinajstić information content (AvgIpc) is 2.24. The topological polar surface area (TPSA) is 41.1 Å². The number of benzene rings is 1. The number of halogens is 3. The molecule has 0 heterocycles. The molecule has 0 bridgehead atoms. The summed E-state index contributed by atoms with van der Waals surface area (Å²) in [6, 6.07) is 3.05. The second-order valence-electron chi connectivity index (χ2n) is 5.22. The Balaban J connectivity index is 2.56. The third-order valence-electron chi connectivity index (χ3n) is 2.29. The first kappa shape index (κ1) is 16.6. The highest BCUT2D eigenvalue weighted by atomic mass is 35.5. The zero-order valence-electron chi connectivity index (χ0n) is 11.1. The van der Waals surface area contributed by atoms with Gasteiger partial charge in [0.25, 0.3) is 0 Å². The second kappa shape index (κ2) is 6.80. The minimum absolute atomic E-state index is 0.0124. The molecule has 6 heteroatoms. The summed E-state index contributed by atoms with van der Waals surface area (Å²) in [6.45, 7) is 6.72. The van der Waals surface area contributed by atoms with E-state index in [1.54, 1.807) is 6.07 Å². The molecule has 0 aromatic heterocycles. The minimum atomic E-state index is -0.128. The van der Waals surface area contributed by atoms with Gasteiger partial charge in [0.05, 0.1) is 20.8 Å². The number of hydrogen-bond donors (Lipinski definition) is 2. The number of amides is 1. The largest absolute Gasteiger partial charge is 0.325 e. The van der Waals surface area contributed by atoms with Gasteiger partial charge in [0, 0.05) is 18.5 Å². The Labute approximate surface area is 128 Å². The summed E-state index contributed by atoms with van der Waals surface area (Å²) in [6.07, 6.45) is 0.355. The average molecular weight is 324 g/mol. The van der Waals surface area contributed by atoms with Crippen molar-refractivity contribution in [3.05, 3.63) is 27.2 Å². The second-order valence-corrected chi connectivity index (χ2v) is 6.44. The quantitative estimate of drug-likeness (QED) is 0.808. The Kier molecular flexibility index (Phi) is 5.93. The first-order chi connectivity index (χ1) is 8.69. The molecule has 1 aromatic carbocycles. The molecule has 0 fully saturated rings. The highest BCUT2D eigenvalue weighted by molar-refractivity contribution is 6.44. The summed E-state index contributed by atoms with van der Waals surface area (Å²) >= 11 is 17.7. The first-order valence-electron chi connectivity index (χ1n) is 5.88. The Morgan fingerprint density at radius 2 is 1.68 bits per heavy atom. The molecule has 106 valence electrons. The van der Waals surface area contributed by atoms with Crippen molar-refractivity contribution in [2.75, 3.05) is 11.9 Å². The van der Waals surface area contributed by atoms with Crippen molar-refractivity contribution >= 4 is 46.4 Å². The highest BCUT2D eigenvalue weighted by Crippen LogP contribution is 2.32. The third kappa shape index (κ3) is 6.00. The molecule has 0 atom stereocenters. The molecule has 0 saturated heterocycles. The van der Waals surface area contributed by atoms with Crippen molar-refractivity contribution in [1.29, 1.82) is 0 Å². The van der Waals surface area contributed by atoms with Crippen LogP contribution in [0.25, 0.3) is 0 Å². The predicted molar refractivity (Wildman–Crippen MR) is 82.5 cm³/mol. The summed E-state index contributed by atoms with van der Waals surface area (Å²) < 4.78 is 0. The van der Waals surface area contributed by atoms with Gasteiger partial charge >= 0.3 is 0 Å². The normalized spacial score (nSPS) is 11.5. The van der Waals surface area contributed by atoms with E-state index in [-0.39, 0.29) is 11.4 Å². The standard InChI is InChI=1S/C13H17Cl3N2O/c1-13(2,3)17-5-4-12(19)18-11-7-9(15)8(14)6-10(11)16/h6-7,17H,4-5H2,1-3H3,(H,18,19). The maximum absolute atomic E-state index is 11.8. The summed E-state index contributed by atoms with van der Waals surface area (Å²) in [7, 11) is 0. The molecule has 1 aromatic rings. The van der Waals surface area contributed by atoms with Gasteiger partial charge < -0.3 is 10.6 Å². The van der Waals surface area contributed by atoms with Crippen LogP contribution in [0.1, 0.15) is 27.2 Å². The van der Waals surface area contributed by atoms with E-state index in [9.17, 15) is 4.79 Å². The Bertz CT molecular complexity index is 470. The zero-order valence-corrected chi connectivity index (χ0v) is 13.4. The van der Waals surface area contributed by atoms with E-state index in [1.807, 2.05) is 20.8 Å². The van der Waals surface area contributed by atoms with E-state index in [4.69, 9.17) is 34.8 Å². The molecule has 1 amide bonds. The number of carbonyl (C=O) groups is 1. The van der Waals surface area contributed by atoms with Crippen molar-refractivity contribution in [2.45, 2.75) is 32.7 Å². The summed E-state index contributed by atoms with van der Waals surface area (Å²) in [5.74, 6) is -0.128. The van der Waals surface area contributed by atoms with E-state index in [1.165, 1.54) is 6.07 Å². The van der Waals surface area contributed by atoms with Gasteiger partial charge in [-0.1, -0.05) is 34.8 Å². The number of rotatable bonds is 4. The van der Waals surface area contributed by atoms with Crippen LogP contribution in [0.4, 0.5) is 5.69 Å². The molecule has 0 aliphatic carbocycles. The first-order valence-corrected chi connectivity index (χ1v) is 7.02. The van der Waals surface area contributed by atoms with E-state index in [2.05, 4.69) is 10.6 Å². The minimum Gasteiger partial charge on any atom is -0.325 e. The number of nitrogens with one attached hydrogen (secondary N) is 2. The highest BCUT2D eigenvalue weighted by Gasteiger charge is 2.11. The van der Waals surface area contributed by atoms with Crippen LogP contribution in [0.3, 0.4) is 0 Å². The monoisotopic (exact) mass is 322 g/mol. The molecule has 0 aliphatic rings. The molecular weight excluding hydrogens is 307 g/mol. The molecule has 3 nitrogen and oxygen atoms in total. The predicted octanol–water partition coefficient (Wildman–Crippen LogP) is 4.36. The smallest absolute Gasteiger partial charge is 0.225 e. The van der Waals surface area contributed by atoms with Crippen LogP contribution in [0.15, 0.2) is 12.1 Å². The Morgan fingerprint density at radius 1 is 1.11 bits per heavy atom. The van der Waals surface area contributed by atoms with Gasteiger partial charge in [0.2, 0.25) is 5.91 Å².